The van der Waals surface area contributed by atoms with E-state index in [0.717, 1.165) is 36.7 Å². The second-order valence-electron chi connectivity index (χ2n) is 17.4. The summed E-state index contributed by atoms with van der Waals surface area (Å²) >= 11 is 1.11. The number of hydrogen-bond donors (Lipinski definition) is 0. The molecule has 2 aliphatic carbocycles. The van der Waals surface area contributed by atoms with Crippen LogP contribution in [0.2, 0.25) is 36.3 Å². The molecule has 54 heavy (non-hydrogen) atoms. The van der Waals surface area contributed by atoms with Crippen molar-refractivity contribution < 1.29 is 23.9 Å². The summed E-state index contributed by atoms with van der Waals surface area (Å²) in [5.41, 5.74) is 11.9. The van der Waals surface area contributed by atoms with Crippen LogP contribution in [-0.4, -0.2) is 19.4 Å². The van der Waals surface area contributed by atoms with Gasteiger partial charge in [0.25, 0.3) is 0 Å². The van der Waals surface area contributed by atoms with E-state index in [9.17, 15) is 0 Å². The third-order valence-corrected chi connectivity index (χ3v) is 25.8. The molecule has 3 heteroatoms. The average Bonchev–Trinajstić information content (AvgIpc) is 3.88. The van der Waals surface area contributed by atoms with Gasteiger partial charge in [-0.2, -0.15) is 23.8 Å². The second kappa shape index (κ2) is 19.1. The van der Waals surface area contributed by atoms with Crippen molar-refractivity contribution in [1.29, 1.82) is 0 Å². The summed E-state index contributed by atoms with van der Waals surface area (Å²) in [6, 6.07) is 42.0. The van der Waals surface area contributed by atoms with Crippen molar-refractivity contribution in [3.63, 3.8) is 0 Å². The van der Waals surface area contributed by atoms with Crippen LogP contribution in [0.3, 0.4) is 0 Å². The number of fused-ring (bicyclic) bond motifs is 3. The van der Waals surface area contributed by atoms with Gasteiger partial charge in [-0.3, -0.25) is 6.08 Å². The SMILES string of the molecule is CC(C)(C)c1[c-]c2c(cc1C(C)(C)C)-c1ccccc1C2.CC[Si](CC)(CC)c1ccccc1[C](=[Hf+2])c1ccccc1[Si](CC)(CC)CC.[C-]1=CC=CC1. The Labute approximate surface area is 348 Å². The predicted molar refractivity (Wildman–Crippen MR) is 242 cm³/mol. The quantitative estimate of drug-likeness (QED) is 0.0967. The normalized spacial score (nSPS) is 13.4. The largest absolute Gasteiger partial charge is 0.273 e. The summed E-state index contributed by atoms with van der Waals surface area (Å²) in [5, 5.41) is 3.44. The first kappa shape index (κ1) is 44.3. The molecule has 0 amide bonds. The molecular formula is C51H68HfSi2. The topological polar surface area (TPSA) is 0 Å². The standard InChI is InChI=1S/C25H38Si2.C21H25.C5H5.Hf/c1-7-26(8-2,9-3)24-19-15-13-17-22(24)21-23-18-14-16-20-25(23)27(10-4,11-5)12-6;1-20(2,3)18-12-15-11-14-9-7-8-10-16(14)17(15)13-19(18)21(4,5)6;1-2-4-5-3-1;/h13-20H,7-12H2,1-6H3;7-10,13H,11H2,1-6H3;1-3H,4H2;/q;2*-1;+2. The van der Waals surface area contributed by atoms with Gasteiger partial charge in [-0.15, -0.1) is 23.1 Å². The van der Waals surface area contributed by atoms with E-state index >= 15 is 0 Å². The molecule has 0 saturated heterocycles. The Morgan fingerprint density at radius 1 is 0.630 bits per heavy atom. The van der Waals surface area contributed by atoms with Crippen molar-refractivity contribution in [3.05, 3.63) is 143 Å². The van der Waals surface area contributed by atoms with Crippen LogP contribution in [0.5, 0.6) is 0 Å². The molecule has 0 spiro atoms. The van der Waals surface area contributed by atoms with Crippen molar-refractivity contribution in [3.8, 4) is 11.1 Å². The first-order valence-electron chi connectivity index (χ1n) is 20.8. The number of hydrogen-bond acceptors (Lipinski definition) is 0. The van der Waals surface area contributed by atoms with Crippen molar-refractivity contribution >= 4 is 29.8 Å². The summed E-state index contributed by atoms with van der Waals surface area (Å²) in [5.74, 6) is 0. The minimum atomic E-state index is -1.41. The minimum absolute atomic E-state index is 0.131. The predicted octanol–water partition coefficient (Wildman–Crippen LogP) is 13.2. The van der Waals surface area contributed by atoms with Gasteiger partial charge in [0, 0.05) is 0 Å². The molecule has 0 bridgehead atoms. The van der Waals surface area contributed by atoms with Crippen molar-refractivity contribution in [2.24, 2.45) is 0 Å². The maximum Gasteiger partial charge on any atom is -0.109 e. The first-order chi connectivity index (χ1) is 25.7. The van der Waals surface area contributed by atoms with Crippen LogP contribution in [-0.2, 0) is 41.1 Å². The molecule has 0 radical (unpaired) electrons. The van der Waals surface area contributed by atoms with E-state index in [4.69, 9.17) is 0 Å². The molecule has 4 aromatic rings. The Kier molecular flexibility index (Phi) is 15.7. The number of rotatable bonds is 10. The second-order valence-corrected chi connectivity index (χ2v) is 29.7. The monoisotopic (exact) mass is 916 g/mol. The molecule has 284 valence electrons. The minimum Gasteiger partial charge on any atom is -0.273 e. The van der Waals surface area contributed by atoms with Crippen LogP contribution >= 0.6 is 0 Å². The van der Waals surface area contributed by atoms with Gasteiger partial charge in [-0.05, 0) is 11.8 Å². The Balaban J connectivity index is 0.000000218. The van der Waals surface area contributed by atoms with E-state index in [1.54, 1.807) is 24.8 Å². The van der Waals surface area contributed by atoms with Gasteiger partial charge in [-0.1, -0.05) is 82.3 Å². The van der Waals surface area contributed by atoms with Crippen molar-refractivity contribution in [2.45, 2.75) is 143 Å². The van der Waals surface area contributed by atoms with Gasteiger partial charge < -0.3 is 0 Å². The zero-order chi connectivity index (χ0) is 39.7. The van der Waals surface area contributed by atoms with E-state index in [1.165, 1.54) is 69.6 Å². The summed E-state index contributed by atoms with van der Waals surface area (Å²) in [6.07, 6.45) is 11.0. The Hall–Kier alpha value is -2.47. The Morgan fingerprint density at radius 3 is 1.52 bits per heavy atom. The molecule has 2 aliphatic rings. The van der Waals surface area contributed by atoms with Crippen LogP contribution in [0.4, 0.5) is 0 Å². The third kappa shape index (κ3) is 9.73. The molecule has 0 fully saturated rings. The van der Waals surface area contributed by atoms with Crippen LogP contribution in [0, 0.1) is 12.1 Å². The Morgan fingerprint density at radius 2 is 1.11 bits per heavy atom. The molecule has 0 N–H and O–H groups in total. The molecule has 0 aliphatic heterocycles. The smallest absolute Gasteiger partial charge is 0.109 e. The van der Waals surface area contributed by atoms with E-state index in [0.29, 0.717) is 0 Å². The molecule has 0 nitrogen and oxygen atoms in total. The van der Waals surface area contributed by atoms with Gasteiger partial charge in [0.15, 0.2) is 0 Å². The van der Waals surface area contributed by atoms with Crippen LogP contribution in [0.1, 0.15) is 123 Å². The average molecular weight is 916 g/mol. The number of allylic oxidation sites excluding steroid dienone is 4. The molecule has 6 rings (SSSR count). The maximum absolute atomic E-state index is 3.79. The fourth-order valence-electron chi connectivity index (χ4n) is 8.73. The number of benzene rings is 4. The van der Waals surface area contributed by atoms with Gasteiger partial charge >= 0.3 is 191 Å². The molecule has 4 aromatic carbocycles. The fourth-order valence-corrected chi connectivity index (χ4v) is 18.9. The van der Waals surface area contributed by atoms with Crippen LogP contribution < -0.4 is 10.4 Å². The molecular weight excluding hydrogens is 847 g/mol. The van der Waals surface area contributed by atoms with E-state index in [2.05, 4.69) is 180 Å². The zero-order valence-corrected chi connectivity index (χ0v) is 41.5. The summed E-state index contributed by atoms with van der Waals surface area (Å²) in [6.45, 7) is 28.4. The zero-order valence-electron chi connectivity index (χ0n) is 35.9. The summed E-state index contributed by atoms with van der Waals surface area (Å²) in [7, 11) is -2.82. The Bertz CT molecular complexity index is 1830. The van der Waals surface area contributed by atoms with Gasteiger partial charge in [-0.25, -0.2) is 12.2 Å². The van der Waals surface area contributed by atoms with Crippen LogP contribution in [0.25, 0.3) is 11.1 Å². The fraction of sp³-hybridized carbons (Fsp3) is 0.431. The van der Waals surface area contributed by atoms with E-state index in [1.807, 2.05) is 12.2 Å². The van der Waals surface area contributed by atoms with Crippen molar-refractivity contribution in [1.82, 2.24) is 0 Å². The van der Waals surface area contributed by atoms with Gasteiger partial charge in [0.2, 0.25) is 0 Å². The molecule has 0 saturated carbocycles. The maximum atomic E-state index is 3.79. The van der Waals surface area contributed by atoms with Crippen molar-refractivity contribution in [2.75, 3.05) is 0 Å². The van der Waals surface area contributed by atoms with Gasteiger partial charge in [0.05, 0.1) is 0 Å². The van der Waals surface area contributed by atoms with E-state index in [-0.39, 0.29) is 10.8 Å². The third-order valence-electron chi connectivity index (χ3n) is 12.6. The molecule has 0 aromatic heterocycles. The van der Waals surface area contributed by atoms with E-state index < -0.39 is 16.1 Å². The summed E-state index contributed by atoms with van der Waals surface area (Å²) in [4.78, 5) is 0. The molecule has 0 unspecified atom stereocenters. The molecule has 0 atom stereocenters. The molecule has 0 heterocycles. The van der Waals surface area contributed by atoms with Crippen LogP contribution in [0.15, 0.2) is 97.1 Å². The summed E-state index contributed by atoms with van der Waals surface area (Å²) < 4.78 is 1.64. The van der Waals surface area contributed by atoms with Gasteiger partial charge in [0.1, 0.15) is 0 Å². The first-order valence-corrected chi connectivity index (χ1v) is 27.9.